The lowest BCUT2D eigenvalue weighted by Crippen LogP contribution is -2.29. The molecule has 1 atom stereocenters. The van der Waals surface area contributed by atoms with Crippen molar-refractivity contribution in [2.75, 3.05) is 30.7 Å². The number of nitrogens with zero attached hydrogens (tertiary/aromatic N) is 2. The van der Waals surface area contributed by atoms with E-state index >= 15 is 0 Å². The van der Waals surface area contributed by atoms with Gasteiger partial charge in [0.2, 0.25) is 0 Å². The second-order valence-electron chi connectivity index (χ2n) is 5.63. The van der Waals surface area contributed by atoms with Crippen molar-refractivity contribution in [1.29, 1.82) is 0 Å². The number of pyridine rings is 1. The van der Waals surface area contributed by atoms with Gasteiger partial charge in [0.15, 0.2) is 0 Å². The normalized spacial score (nSPS) is 20.2. The van der Waals surface area contributed by atoms with Gasteiger partial charge in [0.1, 0.15) is 5.82 Å². The first-order chi connectivity index (χ1) is 8.99. The van der Waals surface area contributed by atoms with Crippen LogP contribution in [-0.2, 0) is 0 Å². The molecule has 3 N–H and O–H groups in total. The molecule has 1 aromatic heterocycles. The predicted molar refractivity (Wildman–Crippen MR) is 84.4 cm³/mol. The topological polar surface area (TPSA) is 54.2 Å². The van der Waals surface area contributed by atoms with E-state index in [1.54, 1.807) is 6.20 Å². The van der Waals surface area contributed by atoms with Crippen LogP contribution < -0.4 is 11.1 Å². The second-order valence-corrected chi connectivity index (χ2v) is 6.42. The van der Waals surface area contributed by atoms with Crippen LogP contribution in [0.3, 0.4) is 0 Å². The van der Waals surface area contributed by atoms with Crippen molar-refractivity contribution in [3.63, 3.8) is 0 Å². The Morgan fingerprint density at radius 1 is 1.58 bits per heavy atom. The number of hydrogen-bond acceptors (Lipinski definition) is 4. The van der Waals surface area contributed by atoms with Gasteiger partial charge < -0.3 is 16.0 Å². The quantitative estimate of drug-likeness (QED) is 0.893. The average molecular weight is 327 g/mol. The lowest BCUT2D eigenvalue weighted by Gasteiger charge is -2.20. The van der Waals surface area contributed by atoms with Crippen LogP contribution in [0.1, 0.15) is 25.8 Å². The molecule has 2 heterocycles. The van der Waals surface area contributed by atoms with Gasteiger partial charge in [-0.1, -0.05) is 0 Å². The molecule has 0 bridgehead atoms. The molecule has 4 nitrogen and oxygen atoms in total. The smallest absolute Gasteiger partial charge is 0.140 e. The fourth-order valence-corrected chi connectivity index (χ4v) is 2.93. The number of rotatable bonds is 4. The summed E-state index contributed by atoms with van der Waals surface area (Å²) >= 11 is 3.56. The minimum atomic E-state index is 0.647. The first kappa shape index (κ1) is 14.6. The van der Waals surface area contributed by atoms with E-state index < -0.39 is 0 Å². The van der Waals surface area contributed by atoms with Crippen LogP contribution >= 0.6 is 15.9 Å². The fraction of sp³-hybridized carbons (Fsp3) is 0.643. The summed E-state index contributed by atoms with van der Waals surface area (Å²) in [6.07, 6.45) is 2.98. The highest BCUT2D eigenvalue weighted by molar-refractivity contribution is 9.10. The van der Waals surface area contributed by atoms with E-state index in [-0.39, 0.29) is 0 Å². The van der Waals surface area contributed by atoms with Crippen LogP contribution in [0.15, 0.2) is 10.7 Å². The first-order valence-electron chi connectivity index (χ1n) is 6.87. The Hall–Kier alpha value is -0.810. The van der Waals surface area contributed by atoms with E-state index in [1.807, 2.05) is 6.92 Å². The lowest BCUT2D eigenvalue weighted by molar-refractivity contribution is 0.266. The number of aromatic nitrogens is 1. The van der Waals surface area contributed by atoms with Crippen LogP contribution in [0.5, 0.6) is 0 Å². The highest BCUT2D eigenvalue weighted by Gasteiger charge is 2.24. The third kappa shape index (κ3) is 3.39. The molecule has 1 saturated heterocycles. The lowest BCUT2D eigenvalue weighted by atomic mass is 10.1. The molecule has 5 heteroatoms. The summed E-state index contributed by atoms with van der Waals surface area (Å²) in [4.78, 5) is 6.89. The highest BCUT2D eigenvalue weighted by atomic mass is 79.9. The zero-order chi connectivity index (χ0) is 14.0. The number of halogens is 1. The van der Waals surface area contributed by atoms with E-state index in [1.165, 1.54) is 19.5 Å². The monoisotopic (exact) mass is 326 g/mol. The second kappa shape index (κ2) is 6.09. The first-order valence-corrected chi connectivity index (χ1v) is 7.66. The third-order valence-corrected chi connectivity index (χ3v) is 4.88. The van der Waals surface area contributed by atoms with Crippen LogP contribution in [0.2, 0.25) is 0 Å². The molecule has 0 radical (unpaired) electrons. The van der Waals surface area contributed by atoms with Gasteiger partial charge in [-0.25, -0.2) is 4.98 Å². The minimum absolute atomic E-state index is 0.647. The number of likely N-dealkylation sites (tertiary alicyclic amines) is 1. The standard InChI is InChI=1S/C14H23BrN4/c1-9(2)19-5-4-11(8-19)6-17-14-13(15)10(3)12(16)7-18-14/h7,9,11H,4-6,8,16H2,1-3H3,(H,17,18). The SMILES string of the molecule is Cc1c(N)cnc(NCC2CCN(C(C)C)C2)c1Br. The maximum Gasteiger partial charge on any atom is 0.140 e. The summed E-state index contributed by atoms with van der Waals surface area (Å²) in [5.74, 6) is 1.60. The van der Waals surface area contributed by atoms with Crippen LogP contribution in [0.4, 0.5) is 11.5 Å². The van der Waals surface area contributed by atoms with Crippen molar-refractivity contribution in [3.8, 4) is 0 Å². The summed E-state index contributed by atoms with van der Waals surface area (Å²) in [5.41, 5.74) is 7.61. The Morgan fingerprint density at radius 3 is 2.95 bits per heavy atom. The maximum absolute atomic E-state index is 5.83. The number of nitrogens with two attached hydrogens (primary N) is 1. The largest absolute Gasteiger partial charge is 0.397 e. The van der Waals surface area contributed by atoms with Gasteiger partial charge in [-0.05, 0) is 61.1 Å². The van der Waals surface area contributed by atoms with Gasteiger partial charge in [0.05, 0.1) is 16.4 Å². The molecule has 0 aliphatic carbocycles. The molecular formula is C14H23BrN4. The molecule has 19 heavy (non-hydrogen) atoms. The van der Waals surface area contributed by atoms with Gasteiger partial charge in [-0.15, -0.1) is 0 Å². The number of nitrogens with one attached hydrogen (secondary N) is 1. The highest BCUT2D eigenvalue weighted by Crippen LogP contribution is 2.28. The number of anilines is 2. The zero-order valence-electron chi connectivity index (χ0n) is 11.9. The van der Waals surface area contributed by atoms with E-state index in [0.29, 0.717) is 12.0 Å². The van der Waals surface area contributed by atoms with Crippen LogP contribution in [0.25, 0.3) is 0 Å². The van der Waals surface area contributed by atoms with Crippen molar-refractivity contribution in [3.05, 3.63) is 16.2 Å². The van der Waals surface area contributed by atoms with Crippen molar-refractivity contribution in [2.24, 2.45) is 5.92 Å². The fourth-order valence-electron chi connectivity index (χ4n) is 2.45. The molecular weight excluding hydrogens is 304 g/mol. The molecule has 0 amide bonds. The Balaban J connectivity index is 1.92. The molecule has 106 valence electrons. The molecule has 1 aliphatic rings. The Bertz CT molecular complexity index is 447. The van der Waals surface area contributed by atoms with E-state index in [0.717, 1.165) is 28.1 Å². The molecule has 1 unspecified atom stereocenters. The minimum Gasteiger partial charge on any atom is -0.397 e. The Morgan fingerprint density at radius 2 is 2.32 bits per heavy atom. The molecule has 0 spiro atoms. The van der Waals surface area contributed by atoms with E-state index in [4.69, 9.17) is 5.73 Å². The summed E-state index contributed by atoms with van der Waals surface area (Å²) in [7, 11) is 0. The molecule has 1 aliphatic heterocycles. The molecule has 0 saturated carbocycles. The van der Waals surface area contributed by atoms with Gasteiger partial charge in [-0.3, -0.25) is 0 Å². The summed E-state index contributed by atoms with van der Waals surface area (Å²) in [6.45, 7) is 9.88. The summed E-state index contributed by atoms with van der Waals surface area (Å²) < 4.78 is 0.978. The average Bonchev–Trinajstić information content (AvgIpc) is 2.84. The Labute approximate surface area is 123 Å². The molecule has 1 fully saturated rings. The van der Waals surface area contributed by atoms with E-state index in [9.17, 15) is 0 Å². The van der Waals surface area contributed by atoms with Gasteiger partial charge in [0, 0.05) is 19.1 Å². The predicted octanol–water partition coefficient (Wildman–Crippen LogP) is 2.88. The third-order valence-electron chi connectivity index (χ3n) is 3.91. The van der Waals surface area contributed by atoms with E-state index in [2.05, 4.69) is 45.0 Å². The Kier molecular flexibility index (Phi) is 4.68. The molecule has 1 aromatic rings. The number of nitrogen functional groups attached to an aromatic ring is 1. The maximum atomic E-state index is 5.83. The van der Waals surface area contributed by atoms with Crippen LogP contribution in [0, 0.1) is 12.8 Å². The van der Waals surface area contributed by atoms with Crippen molar-refractivity contribution < 1.29 is 0 Å². The van der Waals surface area contributed by atoms with Crippen molar-refractivity contribution in [2.45, 2.75) is 33.2 Å². The van der Waals surface area contributed by atoms with Crippen molar-refractivity contribution in [1.82, 2.24) is 9.88 Å². The van der Waals surface area contributed by atoms with Gasteiger partial charge in [0.25, 0.3) is 0 Å². The van der Waals surface area contributed by atoms with Gasteiger partial charge in [-0.2, -0.15) is 0 Å². The zero-order valence-corrected chi connectivity index (χ0v) is 13.5. The molecule has 2 rings (SSSR count). The van der Waals surface area contributed by atoms with Gasteiger partial charge >= 0.3 is 0 Å². The summed E-state index contributed by atoms with van der Waals surface area (Å²) in [6, 6.07) is 0.647. The number of hydrogen-bond donors (Lipinski definition) is 2. The summed E-state index contributed by atoms with van der Waals surface area (Å²) in [5, 5.41) is 3.44. The molecule has 0 aromatic carbocycles. The van der Waals surface area contributed by atoms with Crippen molar-refractivity contribution >= 4 is 27.4 Å². The van der Waals surface area contributed by atoms with Crippen LogP contribution in [-0.4, -0.2) is 35.6 Å².